The van der Waals surface area contributed by atoms with Crippen molar-refractivity contribution in [2.45, 2.75) is 20.0 Å². The molecule has 0 aliphatic rings. The Morgan fingerprint density at radius 3 is 2.80 bits per heavy atom. The first-order valence-electron chi connectivity index (χ1n) is 6.04. The van der Waals surface area contributed by atoms with Crippen LogP contribution in [-0.2, 0) is 4.79 Å². The summed E-state index contributed by atoms with van der Waals surface area (Å²) in [6.07, 6.45) is 0.710. The third-order valence-corrected chi connectivity index (χ3v) is 3.96. The highest BCUT2D eigenvalue weighted by atomic mass is 127. The Balaban J connectivity index is 2.56. The van der Waals surface area contributed by atoms with Crippen molar-refractivity contribution in [3.63, 3.8) is 0 Å². The van der Waals surface area contributed by atoms with Gasteiger partial charge < -0.3 is 9.84 Å². The number of nitrogens with zero attached hydrogens (tertiary/aromatic N) is 1. The number of carboxylic acids is 1. The summed E-state index contributed by atoms with van der Waals surface area (Å²) in [4.78, 5) is 15.6. The van der Waals surface area contributed by atoms with E-state index in [-0.39, 0.29) is 5.92 Å². The summed E-state index contributed by atoms with van der Waals surface area (Å²) in [7, 11) is 0. The van der Waals surface area contributed by atoms with Gasteiger partial charge >= 0.3 is 5.97 Å². The second kappa shape index (κ2) is 6.13. The average Bonchev–Trinajstić information content (AvgIpc) is 2.37. The van der Waals surface area contributed by atoms with Crippen molar-refractivity contribution >= 4 is 51.1 Å². The van der Waals surface area contributed by atoms with Crippen LogP contribution >= 0.6 is 34.2 Å². The Kier molecular flexibility index (Phi) is 4.70. The van der Waals surface area contributed by atoms with E-state index in [4.69, 9.17) is 16.3 Å². The molecule has 0 saturated carbocycles. The van der Waals surface area contributed by atoms with E-state index in [0.717, 1.165) is 8.96 Å². The minimum Gasteiger partial charge on any atom is -0.478 e. The van der Waals surface area contributed by atoms with Gasteiger partial charge in [0.1, 0.15) is 5.52 Å². The summed E-state index contributed by atoms with van der Waals surface area (Å²) in [6.45, 7) is 3.61. The summed E-state index contributed by atoms with van der Waals surface area (Å²) in [5.74, 6) is -0.681. The quantitative estimate of drug-likeness (QED) is 0.782. The molecule has 0 radical (unpaired) electrons. The number of pyridine rings is 1. The standard InChI is InChI=1S/C14H13ClINO3/c1-7(2)12(14(18)19)20-13-10(16)6-9(15)8-4-3-5-17-11(8)13/h3-7,12H,1-2H3,(H,18,19). The van der Waals surface area contributed by atoms with Gasteiger partial charge in [-0.2, -0.15) is 0 Å². The molecule has 1 atom stereocenters. The Labute approximate surface area is 135 Å². The summed E-state index contributed by atoms with van der Waals surface area (Å²) < 4.78 is 6.45. The van der Waals surface area contributed by atoms with E-state index in [1.165, 1.54) is 0 Å². The predicted octanol–water partition coefficient (Wildman–Crippen LogP) is 3.98. The summed E-state index contributed by atoms with van der Waals surface area (Å²) >= 11 is 8.25. The van der Waals surface area contributed by atoms with Crippen molar-refractivity contribution in [3.05, 3.63) is 33.0 Å². The van der Waals surface area contributed by atoms with Crippen molar-refractivity contribution in [1.29, 1.82) is 0 Å². The van der Waals surface area contributed by atoms with E-state index in [2.05, 4.69) is 27.6 Å². The molecule has 0 saturated heterocycles. The summed E-state index contributed by atoms with van der Waals surface area (Å²) in [5.41, 5.74) is 0.580. The van der Waals surface area contributed by atoms with Gasteiger partial charge in [0.15, 0.2) is 11.9 Å². The van der Waals surface area contributed by atoms with Gasteiger partial charge in [-0.3, -0.25) is 4.98 Å². The van der Waals surface area contributed by atoms with Crippen LogP contribution < -0.4 is 4.74 Å². The first-order chi connectivity index (χ1) is 9.41. The molecule has 6 heteroatoms. The fourth-order valence-electron chi connectivity index (χ4n) is 1.86. The maximum absolute atomic E-state index is 11.3. The Morgan fingerprint density at radius 1 is 1.50 bits per heavy atom. The second-order valence-corrected chi connectivity index (χ2v) is 6.26. The van der Waals surface area contributed by atoms with E-state index in [1.807, 2.05) is 6.07 Å². The topological polar surface area (TPSA) is 59.4 Å². The van der Waals surface area contributed by atoms with Crippen LogP contribution in [0.2, 0.25) is 5.02 Å². The largest absolute Gasteiger partial charge is 0.478 e. The van der Waals surface area contributed by atoms with Crippen LogP contribution in [0.1, 0.15) is 13.8 Å². The first kappa shape index (κ1) is 15.3. The molecular formula is C14H13ClINO3. The molecule has 1 heterocycles. The van der Waals surface area contributed by atoms with E-state index >= 15 is 0 Å². The number of ether oxygens (including phenoxy) is 1. The van der Waals surface area contributed by atoms with Crippen molar-refractivity contribution in [1.82, 2.24) is 4.98 Å². The smallest absolute Gasteiger partial charge is 0.345 e. The molecule has 0 aliphatic heterocycles. The molecule has 0 spiro atoms. The maximum atomic E-state index is 11.3. The predicted molar refractivity (Wildman–Crippen MR) is 86.4 cm³/mol. The maximum Gasteiger partial charge on any atom is 0.345 e. The molecule has 2 aromatic rings. The Morgan fingerprint density at radius 2 is 2.20 bits per heavy atom. The molecule has 0 amide bonds. The van der Waals surface area contributed by atoms with Crippen molar-refractivity contribution in [2.24, 2.45) is 5.92 Å². The van der Waals surface area contributed by atoms with Crippen LogP contribution in [0.15, 0.2) is 24.4 Å². The fraction of sp³-hybridized carbons (Fsp3) is 0.286. The number of aliphatic carboxylic acids is 1. The van der Waals surface area contributed by atoms with Crippen LogP contribution in [0.25, 0.3) is 10.9 Å². The molecular weight excluding hydrogens is 393 g/mol. The van der Waals surface area contributed by atoms with Gasteiger partial charge in [0.2, 0.25) is 0 Å². The van der Waals surface area contributed by atoms with Gasteiger partial charge in [-0.05, 0) is 40.8 Å². The lowest BCUT2D eigenvalue weighted by atomic mass is 10.1. The van der Waals surface area contributed by atoms with E-state index in [0.29, 0.717) is 16.3 Å². The molecule has 1 unspecified atom stereocenters. The van der Waals surface area contributed by atoms with Crippen molar-refractivity contribution in [3.8, 4) is 5.75 Å². The SMILES string of the molecule is CC(C)C(Oc1c(I)cc(Cl)c2cccnc12)C(=O)O. The van der Waals surface area contributed by atoms with Crippen LogP contribution in [0.5, 0.6) is 5.75 Å². The minimum absolute atomic E-state index is 0.155. The van der Waals surface area contributed by atoms with Crippen LogP contribution in [-0.4, -0.2) is 22.2 Å². The van der Waals surface area contributed by atoms with Gasteiger partial charge in [-0.1, -0.05) is 25.4 Å². The van der Waals surface area contributed by atoms with Gasteiger partial charge in [-0.25, -0.2) is 4.79 Å². The number of benzene rings is 1. The second-order valence-electron chi connectivity index (χ2n) is 4.69. The molecule has 1 aromatic heterocycles. The number of rotatable bonds is 4. The minimum atomic E-state index is -0.991. The molecule has 0 bridgehead atoms. The summed E-state index contributed by atoms with van der Waals surface area (Å²) in [6, 6.07) is 5.36. The van der Waals surface area contributed by atoms with Crippen molar-refractivity contribution < 1.29 is 14.6 Å². The number of carboxylic acid groups (broad SMARTS) is 1. The number of hydrogen-bond acceptors (Lipinski definition) is 3. The molecule has 0 fully saturated rings. The van der Waals surface area contributed by atoms with Gasteiger partial charge in [0, 0.05) is 17.5 Å². The van der Waals surface area contributed by atoms with E-state index in [1.54, 1.807) is 32.2 Å². The lowest BCUT2D eigenvalue weighted by molar-refractivity contribution is -0.147. The van der Waals surface area contributed by atoms with Crippen molar-refractivity contribution in [2.75, 3.05) is 0 Å². The zero-order valence-corrected chi connectivity index (χ0v) is 13.8. The Bertz CT molecular complexity index is 660. The zero-order valence-electron chi connectivity index (χ0n) is 10.9. The molecule has 2 rings (SSSR count). The zero-order chi connectivity index (χ0) is 14.9. The average molecular weight is 406 g/mol. The normalized spacial score (nSPS) is 12.7. The Hall–Kier alpha value is -1.08. The lowest BCUT2D eigenvalue weighted by Crippen LogP contribution is -2.32. The molecule has 106 valence electrons. The molecule has 1 aromatic carbocycles. The molecule has 4 nitrogen and oxygen atoms in total. The first-order valence-corrected chi connectivity index (χ1v) is 7.49. The summed E-state index contributed by atoms with van der Waals surface area (Å²) in [5, 5.41) is 10.6. The number of aromatic nitrogens is 1. The van der Waals surface area contributed by atoms with E-state index < -0.39 is 12.1 Å². The number of halogens is 2. The molecule has 20 heavy (non-hydrogen) atoms. The van der Waals surface area contributed by atoms with Crippen LogP contribution in [0.3, 0.4) is 0 Å². The fourth-order valence-corrected chi connectivity index (χ4v) is 3.00. The highest BCUT2D eigenvalue weighted by Crippen LogP contribution is 2.35. The third-order valence-electron chi connectivity index (χ3n) is 2.84. The van der Waals surface area contributed by atoms with E-state index in [9.17, 15) is 9.90 Å². The lowest BCUT2D eigenvalue weighted by Gasteiger charge is -2.20. The highest BCUT2D eigenvalue weighted by Gasteiger charge is 2.26. The van der Waals surface area contributed by atoms with Gasteiger partial charge in [-0.15, -0.1) is 0 Å². The molecule has 1 N–H and O–H groups in total. The van der Waals surface area contributed by atoms with Gasteiger partial charge in [0.25, 0.3) is 0 Å². The number of carbonyl (C=O) groups is 1. The van der Waals surface area contributed by atoms with Crippen LogP contribution in [0.4, 0.5) is 0 Å². The monoisotopic (exact) mass is 405 g/mol. The van der Waals surface area contributed by atoms with Crippen LogP contribution in [0, 0.1) is 9.49 Å². The number of fused-ring (bicyclic) bond motifs is 1. The third kappa shape index (κ3) is 2.98. The van der Waals surface area contributed by atoms with Gasteiger partial charge in [0.05, 0.1) is 8.59 Å². The molecule has 0 aliphatic carbocycles. The highest BCUT2D eigenvalue weighted by molar-refractivity contribution is 14.1. The number of hydrogen-bond donors (Lipinski definition) is 1.